The van der Waals surface area contributed by atoms with Gasteiger partial charge in [-0.05, 0) is 63.4 Å². The third-order valence-electron chi connectivity index (χ3n) is 10.7. The molecule has 0 amide bonds. The molecule has 0 unspecified atom stereocenters. The van der Waals surface area contributed by atoms with Crippen LogP contribution in [0.15, 0.2) is 23.8 Å². The molecule has 4 aliphatic rings. The molecular formula is C39H62O12. The average Bonchev–Trinajstić information content (AvgIpc) is 3.08. The summed E-state index contributed by atoms with van der Waals surface area (Å²) >= 11 is 0. The number of carbonyl (C=O) groups is 3. The van der Waals surface area contributed by atoms with Gasteiger partial charge in [0, 0.05) is 30.8 Å². The normalized spacial score (nSPS) is 36.4. The molecule has 0 aromatic heterocycles. The van der Waals surface area contributed by atoms with E-state index in [4.69, 9.17) is 28.4 Å². The van der Waals surface area contributed by atoms with Gasteiger partial charge in [0.25, 0.3) is 0 Å². The Labute approximate surface area is 303 Å². The van der Waals surface area contributed by atoms with Crippen molar-refractivity contribution in [2.24, 2.45) is 5.41 Å². The Bertz CT molecular complexity index is 1200. The number of hydrogen-bond donors (Lipinski definition) is 3. The highest BCUT2D eigenvalue weighted by Gasteiger charge is 2.57. The van der Waals surface area contributed by atoms with Crippen LogP contribution in [-0.4, -0.2) is 102 Å². The smallest absolute Gasteiger partial charge is 0.330 e. The van der Waals surface area contributed by atoms with E-state index in [0.29, 0.717) is 19.3 Å². The van der Waals surface area contributed by atoms with Crippen LogP contribution in [0.3, 0.4) is 0 Å². The molecule has 0 radical (unpaired) electrons. The zero-order chi connectivity index (χ0) is 37.0. The average molecular weight is 723 g/mol. The highest BCUT2D eigenvalue weighted by atomic mass is 16.7. The van der Waals surface area contributed by atoms with Crippen molar-refractivity contribution in [1.29, 1.82) is 0 Å². The highest BCUT2D eigenvalue weighted by molar-refractivity contribution is 5.83. The van der Waals surface area contributed by atoms with Crippen LogP contribution < -0.4 is 0 Å². The van der Waals surface area contributed by atoms with Gasteiger partial charge >= 0.3 is 17.9 Å². The van der Waals surface area contributed by atoms with Crippen LogP contribution in [-0.2, 0) is 42.8 Å². The molecule has 0 aromatic carbocycles. The Kier molecular flexibility index (Phi) is 16.0. The predicted molar refractivity (Wildman–Crippen MR) is 187 cm³/mol. The molecule has 4 heterocycles. The lowest BCUT2D eigenvalue weighted by Gasteiger charge is -2.51. The third kappa shape index (κ3) is 12.1. The molecule has 12 nitrogen and oxygen atoms in total. The lowest BCUT2D eigenvalue weighted by Crippen LogP contribution is -2.62. The number of unbranched alkanes of at least 4 members (excludes halogenated alkanes) is 4. The first-order valence-electron chi connectivity index (χ1n) is 19.2. The first-order valence-corrected chi connectivity index (χ1v) is 19.2. The fourth-order valence-corrected chi connectivity index (χ4v) is 7.76. The van der Waals surface area contributed by atoms with Crippen molar-refractivity contribution in [3.05, 3.63) is 23.8 Å². The molecule has 0 aromatic rings. The van der Waals surface area contributed by atoms with Crippen LogP contribution in [0, 0.1) is 5.41 Å². The van der Waals surface area contributed by atoms with Gasteiger partial charge in [0.15, 0.2) is 6.10 Å². The molecule has 3 saturated heterocycles. The van der Waals surface area contributed by atoms with E-state index in [2.05, 4.69) is 6.92 Å². The molecule has 290 valence electrons. The summed E-state index contributed by atoms with van der Waals surface area (Å²) in [4.78, 5) is 38.9. The largest absolute Gasteiger partial charge is 0.466 e. The monoisotopic (exact) mass is 722 g/mol. The van der Waals surface area contributed by atoms with Gasteiger partial charge in [0.1, 0.15) is 6.10 Å². The number of methoxy groups -OCH3 is 1. The molecule has 0 spiro atoms. The fourth-order valence-electron chi connectivity index (χ4n) is 7.76. The topological polar surface area (TPSA) is 167 Å². The van der Waals surface area contributed by atoms with Crippen molar-refractivity contribution in [2.75, 3.05) is 13.7 Å². The summed E-state index contributed by atoms with van der Waals surface area (Å²) in [5.41, 5.74) is -0.929. The third-order valence-corrected chi connectivity index (χ3v) is 10.7. The zero-order valence-electron chi connectivity index (χ0n) is 31.1. The highest BCUT2D eigenvalue weighted by Crippen LogP contribution is 2.47. The molecule has 3 N–H and O–H groups in total. The van der Waals surface area contributed by atoms with Gasteiger partial charge in [-0.1, -0.05) is 58.6 Å². The summed E-state index contributed by atoms with van der Waals surface area (Å²) in [6.45, 7) is 5.11. The van der Waals surface area contributed by atoms with Gasteiger partial charge < -0.3 is 43.7 Å². The molecule has 0 aliphatic carbocycles. The van der Waals surface area contributed by atoms with E-state index in [-0.39, 0.29) is 55.7 Å². The lowest BCUT2D eigenvalue weighted by atomic mass is 9.74. The van der Waals surface area contributed by atoms with E-state index in [0.717, 1.165) is 64.2 Å². The summed E-state index contributed by atoms with van der Waals surface area (Å²) in [5, 5.41) is 33.7. The van der Waals surface area contributed by atoms with Crippen LogP contribution >= 0.6 is 0 Å². The van der Waals surface area contributed by atoms with Crippen LogP contribution in [0.25, 0.3) is 0 Å². The second-order valence-electron chi connectivity index (χ2n) is 15.4. The molecule has 6 bridgehead atoms. The molecule has 12 heteroatoms. The molecule has 4 rings (SSSR count). The first kappa shape index (κ1) is 41.4. The number of esters is 3. The van der Waals surface area contributed by atoms with Crippen molar-refractivity contribution >= 4 is 17.9 Å². The van der Waals surface area contributed by atoms with Gasteiger partial charge in [-0.25, -0.2) is 4.79 Å². The minimum Gasteiger partial charge on any atom is -0.466 e. The number of aliphatic hydroxyl groups is 3. The van der Waals surface area contributed by atoms with Crippen molar-refractivity contribution in [3.63, 3.8) is 0 Å². The van der Waals surface area contributed by atoms with Gasteiger partial charge in [-0.15, -0.1) is 0 Å². The second-order valence-corrected chi connectivity index (χ2v) is 15.4. The van der Waals surface area contributed by atoms with Crippen LogP contribution in [0.2, 0.25) is 0 Å². The molecule has 3 fully saturated rings. The number of rotatable bonds is 9. The standard InChI is InChI=1S/C39H62O12/c1-5-6-7-8-9-16-34(42)50-37-26(20-35(43)46-4)19-32-24-33(25-40)49-36(44)22-27(41)21-29-13-11-15-31(48-29)23-30-14-10-12-28(47-30)17-18-38(2,3)39(37,45)51-32/h17-18,20,27-33,37,40-41,45H,5-16,19,21-25H2,1-4H3/b18-17+,26-20+/t27-,28-,29+,30+,31-,32+,33-,37+,39-/m1/s1. The van der Waals surface area contributed by atoms with Gasteiger partial charge in [-0.2, -0.15) is 0 Å². The first-order chi connectivity index (χ1) is 24.3. The van der Waals surface area contributed by atoms with E-state index < -0.39 is 60.1 Å². The fraction of sp³-hybridized carbons (Fsp3) is 0.821. The Morgan fingerprint density at radius 2 is 1.63 bits per heavy atom. The number of hydrogen-bond acceptors (Lipinski definition) is 12. The minimum atomic E-state index is -2.19. The summed E-state index contributed by atoms with van der Waals surface area (Å²) < 4.78 is 35.9. The van der Waals surface area contributed by atoms with E-state index in [1.807, 2.05) is 12.2 Å². The van der Waals surface area contributed by atoms with Gasteiger partial charge in [0.2, 0.25) is 5.79 Å². The van der Waals surface area contributed by atoms with E-state index in [9.17, 15) is 29.7 Å². The summed E-state index contributed by atoms with van der Waals surface area (Å²) in [6, 6.07) is 0. The van der Waals surface area contributed by atoms with Crippen LogP contribution in [0.4, 0.5) is 0 Å². The Hall–Kier alpha value is -2.35. The lowest BCUT2D eigenvalue weighted by molar-refractivity contribution is -0.327. The summed E-state index contributed by atoms with van der Waals surface area (Å²) in [5.74, 6) is -4.10. The number of cyclic esters (lactones) is 1. The maximum absolute atomic E-state index is 13.3. The van der Waals surface area contributed by atoms with E-state index >= 15 is 0 Å². The van der Waals surface area contributed by atoms with Crippen molar-refractivity contribution in [3.8, 4) is 0 Å². The summed E-state index contributed by atoms with van der Waals surface area (Å²) in [6.07, 6.45) is 11.0. The Morgan fingerprint density at radius 3 is 2.33 bits per heavy atom. The van der Waals surface area contributed by atoms with Gasteiger partial charge in [-0.3, -0.25) is 9.59 Å². The van der Waals surface area contributed by atoms with Crippen LogP contribution in [0.1, 0.15) is 130 Å². The van der Waals surface area contributed by atoms with E-state index in [1.165, 1.54) is 13.2 Å². The maximum Gasteiger partial charge on any atom is 0.330 e. The van der Waals surface area contributed by atoms with Crippen LogP contribution in [0.5, 0.6) is 0 Å². The number of fused-ring (bicyclic) bond motifs is 6. The number of ether oxygens (including phenoxy) is 6. The Morgan fingerprint density at radius 1 is 0.941 bits per heavy atom. The number of aliphatic hydroxyl groups excluding tert-OH is 2. The Balaban J connectivity index is 1.68. The quantitative estimate of drug-likeness (QED) is 0.0945. The maximum atomic E-state index is 13.3. The van der Waals surface area contributed by atoms with Gasteiger partial charge in [0.05, 0.1) is 56.8 Å². The molecule has 51 heavy (non-hydrogen) atoms. The van der Waals surface area contributed by atoms with Crippen molar-refractivity contribution < 1.29 is 58.1 Å². The van der Waals surface area contributed by atoms with Crippen molar-refractivity contribution in [1.82, 2.24) is 0 Å². The molecule has 0 saturated carbocycles. The summed E-state index contributed by atoms with van der Waals surface area (Å²) in [7, 11) is 1.23. The molecule has 4 aliphatic heterocycles. The zero-order valence-corrected chi connectivity index (χ0v) is 31.1. The molecular weight excluding hydrogens is 660 g/mol. The molecule has 9 atom stereocenters. The minimum absolute atomic E-state index is 0.0215. The van der Waals surface area contributed by atoms with Crippen molar-refractivity contribution in [2.45, 2.75) is 185 Å². The number of carbonyl (C=O) groups excluding carboxylic acids is 3. The predicted octanol–water partition coefficient (Wildman–Crippen LogP) is 5.13. The SMILES string of the molecule is CCCCCCCC(=O)O[C@H]1/C(=C/C(=O)OC)C[C@H]2C[C@H](CO)OC(=O)C[C@H](O)C[C@@H]3CCC[C@H](C[C@@H]4CCC[C@H](/C=C/C(C)(C)[C@]1(O)O2)O4)O3. The second kappa shape index (κ2) is 19.6. The van der Waals surface area contributed by atoms with E-state index in [1.54, 1.807) is 13.8 Å².